The molecule has 1 aromatic carbocycles. The van der Waals surface area contributed by atoms with Crippen molar-refractivity contribution < 1.29 is 4.74 Å². The van der Waals surface area contributed by atoms with Gasteiger partial charge in [-0.3, -0.25) is 0 Å². The lowest BCUT2D eigenvalue weighted by molar-refractivity contribution is 0.416. The lowest BCUT2D eigenvalue weighted by atomic mass is 10.1. The van der Waals surface area contributed by atoms with Crippen LogP contribution < -0.4 is 4.74 Å². The van der Waals surface area contributed by atoms with Crippen LogP contribution in [-0.4, -0.2) is 12.8 Å². The van der Waals surface area contributed by atoms with Gasteiger partial charge in [-0.25, -0.2) is 4.99 Å². The van der Waals surface area contributed by atoms with Gasteiger partial charge in [0.25, 0.3) is 0 Å². The van der Waals surface area contributed by atoms with Gasteiger partial charge in [0.15, 0.2) is 0 Å². The molecule has 0 amide bonds. The highest BCUT2D eigenvalue weighted by Crippen LogP contribution is 2.31. The number of nitrogens with zero attached hydrogens (tertiary/aromatic N) is 1. The van der Waals surface area contributed by atoms with E-state index in [1.54, 1.807) is 13.2 Å². The number of aryl methyl sites for hydroxylation is 1. The van der Waals surface area contributed by atoms with E-state index < -0.39 is 0 Å². The maximum Gasteiger partial charge on any atom is 0.144 e. The van der Waals surface area contributed by atoms with Gasteiger partial charge < -0.3 is 4.74 Å². The van der Waals surface area contributed by atoms with Crippen LogP contribution in [0.3, 0.4) is 0 Å². The number of benzene rings is 1. The van der Waals surface area contributed by atoms with E-state index in [-0.39, 0.29) is 0 Å². The molecule has 0 aromatic heterocycles. The summed E-state index contributed by atoms with van der Waals surface area (Å²) in [5.41, 5.74) is 3.00. The van der Waals surface area contributed by atoms with Crippen molar-refractivity contribution in [3.05, 3.63) is 36.4 Å². The van der Waals surface area contributed by atoms with Crippen molar-refractivity contribution in [2.75, 3.05) is 7.11 Å². The number of methoxy groups -OCH3 is 1. The summed E-state index contributed by atoms with van der Waals surface area (Å²) in [6, 6.07) is 5.98. The first-order chi connectivity index (χ1) is 7.22. The Morgan fingerprint density at radius 3 is 2.80 bits per heavy atom. The summed E-state index contributed by atoms with van der Waals surface area (Å²) in [6.45, 7) is 7.73. The third-order valence-electron chi connectivity index (χ3n) is 2.27. The summed E-state index contributed by atoms with van der Waals surface area (Å²) in [4.78, 5) is 4.49. The van der Waals surface area contributed by atoms with Crippen LogP contribution in [0, 0.1) is 0 Å². The quantitative estimate of drug-likeness (QED) is 0.686. The molecule has 0 unspecified atom stereocenters. The Kier molecular flexibility index (Phi) is 4.10. The van der Waals surface area contributed by atoms with Gasteiger partial charge >= 0.3 is 0 Å². The number of allylic oxidation sites excluding steroid dienone is 1. The second kappa shape index (κ2) is 5.35. The molecule has 1 aromatic rings. The normalized spacial score (nSPS) is 11.3. The molecule has 0 spiro atoms. The van der Waals surface area contributed by atoms with E-state index in [0.717, 1.165) is 23.6 Å². The minimum atomic E-state index is 0.815. The van der Waals surface area contributed by atoms with Gasteiger partial charge in [0.05, 0.1) is 7.11 Å². The largest absolute Gasteiger partial charge is 0.494 e. The third kappa shape index (κ3) is 2.69. The Bertz CT molecular complexity index is 358. The maximum absolute atomic E-state index is 5.29. The summed E-state index contributed by atoms with van der Waals surface area (Å²) in [7, 11) is 1.66. The molecular formula is C13H17NO. The maximum atomic E-state index is 5.29. The summed E-state index contributed by atoms with van der Waals surface area (Å²) in [5, 5.41) is 0. The molecule has 80 valence electrons. The molecule has 0 heterocycles. The summed E-state index contributed by atoms with van der Waals surface area (Å²) in [5.74, 6) is 0.815. The lowest BCUT2D eigenvalue weighted by Gasteiger charge is -2.09. The van der Waals surface area contributed by atoms with Gasteiger partial charge in [-0.1, -0.05) is 25.6 Å². The van der Waals surface area contributed by atoms with E-state index in [1.807, 2.05) is 19.1 Å². The highest BCUT2D eigenvalue weighted by molar-refractivity contribution is 5.94. The summed E-state index contributed by atoms with van der Waals surface area (Å²) in [6.07, 6.45) is 2.69. The molecule has 2 heteroatoms. The minimum Gasteiger partial charge on any atom is -0.494 e. The molecule has 0 aliphatic heterocycles. The van der Waals surface area contributed by atoms with Crippen LogP contribution in [0.5, 0.6) is 5.75 Å². The highest BCUT2D eigenvalue weighted by atomic mass is 16.5. The molecule has 0 radical (unpaired) electrons. The third-order valence-corrected chi connectivity index (χ3v) is 2.27. The van der Waals surface area contributed by atoms with E-state index in [2.05, 4.69) is 24.6 Å². The molecule has 0 N–H and O–H groups in total. The molecule has 0 aliphatic rings. The van der Waals surface area contributed by atoms with Crippen molar-refractivity contribution in [3.63, 3.8) is 0 Å². The van der Waals surface area contributed by atoms with Gasteiger partial charge in [-0.05, 0) is 31.1 Å². The summed E-state index contributed by atoms with van der Waals surface area (Å²) < 4.78 is 5.29. The average Bonchev–Trinajstić information content (AvgIpc) is 2.29. The van der Waals surface area contributed by atoms with Crippen molar-refractivity contribution in [1.29, 1.82) is 0 Å². The van der Waals surface area contributed by atoms with Crippen LogP contribution in [0.4, 0.5) is 5.69 Å². The predicted octanol–water partition coefficient (Wildman–Crippen LogP) is 3.54. The Labute approximate surface area is 91.3 Å². The van der Waals surface area contributed by atoms with Crippen LogP contribution in [0.25, 0.3) is 0 Å². The van der Waals surface area contributed by atoms with E-state index in [9.17, 15) is 0 Å². The molecule has 2 nitrogen and oxygen atoms in total. The van der Waals surface area contributed by atoms with Gasteiger partial charge in [0.2, 0.25) is 0 Å². The van der Waals surface area contributed by atoms with Gasteiger partial charge in [0, 0.05) is 5.71 Å². The molecule has 0 atom stereocenters. The standard InChI is InChI=1S/C13H17NO/c1-5-10(3)14-13-11(6-2)8-7-9-12(13)15-4/h5,7-9H,1,6H2,2-4H3. The second-order valence-electron chi connectivity index (χ2n) is 3.28. The van der Waals surface area contributed by atoms with Crippen molar-refractivity contribution in [3.8, 4) is 5.75 Å². The Balaban J connectivity index is 3.28. The molecule has 0 bridgehead atoms. The predicted molar refractivity (Wildman–Crippen MR) is 65.3 cm³/mol. The molecule has 0 aliphatic carbocycles. The van der Waals surface area contributed by atoms with Crippen molar-refractivity contribution in [2.24, 2.45) is 4.99 Å². The van der Waals surface area contributed by atoms with Gasteiger partial charge in [-0.15, -0.1) is 0 Å². The zero-order valence-electron chi connectivity index (χ0n) is 9.58. The second-order valence-corrected chi connectivity index (χ2v) is 3.28. The molecule has 0 saturated carbocycles. The van der Waals surface area contributed by atoms with Crippen molar-refractivity contribution >= 4 is 11.4 Å². The van der Waals surface area contributed by atoms with E-state index in [1.165, 1.54) is 5.56 Å². The fourth-order valence-electron chi connectivity index (χ4n) is 1.37. The Morgan fingerprint density at radius 1 is 1.53 bits per heavy atom. The number of ether oxygens (including phenoxy) is 1. The first-order valence-corrected chi connectivity index (χ1v) is 5.06. The first-order valence-electron chi connectivity index (χ1n) is 5.06. The van der Waals surface area contributed by atoms with E-state index in [0.29, 0.717) is 0 Å². The lowest BCUT2D eigenvalue weighted by Crippen LogP contribution is -1.90. The van der Waals surface area contributed by atoms with Crippen LogP contribution >= 0.6 is 0 Å². The molecule has 1 rings (SSSR count). The van der Waals surface area contributed by atoms with Crippen LogP contribution in [0.15, 0.2) is 35.8 Å². The van der Waals surface area contributed by atoms with Crippen molar-refractivity contribution in [1.82, 2.24) is 0 Å². The highest BCUT2D eigenvalue weighted by Gasteiger charge is 2.05. The smallest absolute Gasteiger partial charge is 0.144 e. The van der Waals surface area contributed by atoms with E-state index >= 15 is 0 Å². The van der Waals surface area contributed by atoms with Crippen molar-refractivity contribution in [2.45, 2.75) is 20.3 Å². The molecule has 15 heavy (non-hydrogen) atoms. The van der Waals surface area contributed by atoms with E-state index in [4.69, 9.17) is 4.74 Å². The number of rotatable bonds is 4. The zero-order valence-corrected chi connectivity index (χ0v) is 9.58. The average molecular weight is 203 g/mol. The number of aliphatic imine (C=N–C) groups is 1. The monoisotopic (exact) mass is 203 g/mol. The Hall–Kier alpha value is -1.57. The molecular weight excluding hydrogens is 186 g/mol. The topological polar surface area (TPSA) is 21.6 Å². The van der Waals surface area contributed by atoms with Crippen LogP contribution in [0.2, 0.25) is 0 Å². The fraction of sp³-hybridized carbons (Fsp3) is 0.308. The zero-order chi connectivity index (χ0) is 11.3. The first kappa shape index (κ1) is 11.5. The minimum absolute atomic E-state index is 0.815. The molecule has 0 fully saturated rings. The fourth-order valence-corrected chi connectivity index (χ4v) is 1.37. The molecule has 0 saturated heterocycles. The summed E-state index contributed by atoms with van der Waals surface area (Å²) >= 11 is 0. The Morgan fingerprint density at radius 2 is 2.27 bits per heavy atom. The van der Waals surface area contributed by atoms with Gasteiger partial charge in [-0.2, -0.15) is 0 Å². The van der Waals surface area contributed by atoms with Crippen LogP contribution in [0.1, 0.15) is 19.4 Å². The number of hydrogen-bond donors (Lipinski definition) is 0. The number of hydrogen-bond acceptors (Lipinski definition) is 2. The SMILES string of the molecule is C=CC(C)=Nc1c(CC)cccc1OC. The van der Waals surface area contributed by atoms with Gasteiger partial charge in [0.1, 0.15) is 11.4 Å². The van der Waals surface area contributed by atoms with Crippen LogP contribution in [-0.2, 0) is 6.42 Å². The number of para-hydroxylation sites is 1.